The standard InChI is InChI=1S/C16H14O6.Mn.7H2O/c17-13(9-1-5-11(6-2-9)15(19)20)14(18)10-3-7-12(8-4-10)16(21)22;;;;;;;;/h1-8,13-14,17-18H,(H,19,20)(H,21,22);;7*1H2/q;+2;;;;;;;/p+4/t13-,14+;;;;;;;;. The predicted molar refractivity (Wildman–Crippen MR) is 104 cm³/mol. The zero-order valence-corrected chi connectivity index (χ0v) is 16.8. The van der Waals surface area contributed by atoms with Crippen molar-refractivity contribution in [1.29, 1.82) is 0 Å². The van der Waals surface area contributed by atoms with Crippen molar-refractivity contribution < 1.29 is 85.4 Å². The van der Waals surface area contributed by atoms with Crippen LogP contribution in [0, 0.1) is 0 Å². The summed E-state index contributed by atoms with van der Waals surface area (Å²) in [6.45, 7) is 0. The van der Waals surface area contributed by atoms with Crippen molar-refractivity contribution in [3.63, 3.8) is 0 Å². The van der Waals surface area contributed by atoms with Crippen molar-refractivity contribution in [3.05, 3.63) is 70.8 Å². The average molecular weight is 487 g/mol. The Morgan fingerprint density at radius 3 is 0.967 bits per heavy atom. The Morgan fingerprint density at radius 2 is 0.800 bits per heavy atom. The minimum absolute atomic E-state index is 0. The Hall–Kier alpha value is -2.46. The fourth-order valence-corrected chi connectivity index (χ4v) is 2.00. The summed E-state index contributed by atoms with van der Waals surface area (Å²) in [4.78, 5) is 21.3. The number of carboxylic acids is 2. The van der Waals surface area contributed by atoms with Gasteiger partial charge in [-0.25, -0.2) is 0 Å². The van der Waals surface area contributed by atoms with Crippen LogP contribution in [0.4, 0.5) is 0 Å². The van der Waals surface area contributed by atoms with Gasteiger partial charge in [-0.15, -0.1) is 0 Å². The molecule has 22 N–H and O–H groups in total. The van der Waals surface area contributed by atoms with Gasteiger partial charge < -0.3 is 68.3 Å². The van der Waals surface area contributed by atoms with E-state index in [2.05, 4.69) is 0 Å². The van der Waals surface area contributed by atoms with Gasteiger partial charge in [0.25, 0.3) is 0 Å². The molecule has 0 aliphatic rings. The Labute approximate surface area is 180 Å². The zero-order chi connectivity index (χ0) is 16.3. The molecule has 0 amide bonds. The monoisotopic (exact) mass is 487 g/mol. The quantitative estimate of drug-likeness (QED) is 0.304. The maximum atomic E-state index is 10.6. The van der Waals surface area contributed by atoms with Crippen LogP contribution >= 0.6 is 0 Å². The molecule has 2 aromatic rings. The van der Waals surface area contributed by atoms with E-state index in [4.69, 9.17) is 0 Å². The van der Waals surface area contributed by atoms with Crippen LogP contribution < -0.4 is 10.2 Å². The molecule has 2 rings (SSSR count). The number of aliphatic hydroxyl groups excluding tert-OH is 2. The molecule has 0 fully saturated rings. The van der Waals surface area contributed by atoms with Crippen molar-refractivity contribution >= 4 is 11.9 Å². The van der Waals surface area contributed by atoms with Crippen molar-refractivity contribution in [1.82, 2.24) is 0 Å². The summed E-state index contributed by atoms with van der Waals surface area (Å²) in [6, 6.07) is 10.5. The Kier molecular flexibility index (Phi) is 30.4. The Bertz CT molecular complexity index is 630. The Morgan fingerprint density at radius 1 is 0.600 bits per heavy atom. The van der Waals surface area contributed by atoms with Gasteiger partial charge in [0.1, 0.15) is 12.2 Å². The van der Waals surface area contributed by atoms with Gasteiger partial charge in [0.15, 0.2) is 0 Å². The van der Waals surface area contributed by atoms with Crippen LogP contribution in [0.1, 0.15) is 44.1 Å². The minimum Gasteiger partial charge on any atom is -0.545 e. The topological polar surface area (TPSA) is 350 Å². The zero-order valence-electron chi connectivity index (χ0n) is 15.6. The summed E-state index contributed by atoms with van der Waals surface area (Å²) in [5.41, 5.74) is 0.565. The molecule has 0 aromatic heterocycles. The summed E-state index contributed by atoms with van der Waals surface area (Å²) in [5, 5.41) is 41.5. The first-order valence-electron chi connectivity index (χ1n) is 6.39. The molecule has 13 nitrogen and oxygen atoms in total. The fraction of sp³-hybridized carbons (Fsp3) is 0.125. The number of aliphatic hydroxyl groups is 2. The number of rotatable bonds is 5. The molecule has 0 heterocycles. The normalized spacial score (nSPS) is 9.80. The van der Waals surface area contributed by atoms with Crippen LogP contribution in [-0.4, -0.2) is 27.6 Å². The van der Waals surface area contributed by atoms with E-state index in [0.29, 0.717) is 11.1 Å². The second-order valence-corrected chi connectivity index (χ2v) is 4.71. The van der Waals surface area contributed by atoms with E-state index in [0.717, 1.165) is 0 Å². The molecule has 0 saturated carbocycles. The molecule has 1 radical (unpaired) electrons. The molecule has 0 bridgehead atoms. The molecule has 0 unspecified atom stereocenters. The SMILES string of the molecule is O.O=C([O-])c1ccc([C@@H](O)[C@@H](O)c2ccc(C(=O)[O-])cc2)cc1.[Mn+2].[OH3+].[OH3+].[OH3+].[OH3+].[OH3+].[OH3+]. The summed E-state index contributed by atoms with van der Waals surface area (Å²) in [6.07, 6.45) is -2.57. The third-order valence-corrected chi connectivity index (χ3v) is 3.27. The minimum atomic E-state index is -1.33. The van der Waals surface area contributed by atoms with Gasteiger partial charge in [-0.2, -0.15) is 0 Å². The van der Waals surface area contributed by atoms with Gasteiger partial charge in [0.05, 0.1) is 11.9 Å². The van der Waals surface area contributed by atoms with Crippen molar-refractivity contribution in [2.24, 2.45) is 0 Å². The second-order valence-electron chi connectivity index (χ2n) is 4.71. The number of carbonyl (C=O) groups is 2. The van der Waals surface area contributed by atoms with Crippen LogP contribution in [-0.2, 0) is 49.9 Å². The molecule has 2 aromatic carbocycles. The number of hydrogen-bond acceptors (Lipinski definition) is 6. The van der Waals surface area contributed by atoms with Crippen molar-refractivity contribution in [2.45, 2.75) is 12.2 Å². The summed E-state index contributed by atoms with van der Waals surface area (Å²) < 4.78 is 0. The van der Waals surface area contributed by atoms with E-state index in [1.54, 1.807) is 0 Å². The van der Waals surface area contributed by atoms with Crippen LogP contribution in [0.3, 0.4) is 0 Å². The maximum absolute atomic E-state index is 10.6. The van der Waals surface area contributed by atoms with E-state index >= 15 is 0 Å². The van der Waals surface area contributed by atoms with Crippen LogP contribution in [0.15, 0.2) is 48.5 Å². The number of hydrogen-bond donors (Lipinski definition) is 2. The maximum Gasteiger partial charge on any atom is 2.00 e. The van der Waals surface area contributed by atoms with Crippen LogP contribution in [0.5, 0.6) is 0 Å². The number of carboxylic acid groups (broad SMARTS) is 2. The molecule has 14 heteroatoms. The average Bonchev–Trinajstić information content (AvgIpc) is 2.53. The van der Waals surface area contributed by atoms with Gasteiger partial charge in [0, 0.05) is 0 Å². The molecule has 30 heavy (non-hydrogen) atoms. The van der Waals surface area contributed by atoms with Crippen molar-refractivity contribution in [2.75, 3.05) is 0 Å². The summed E-state index contributed by atoms with van der Waals surface area (Å²) in [7, 11) is 0. The van der Waals surface area contributed by atoms with E-state index in [-0.39, 0.29) is 66.5 Å². The fourth-order valence-electron chi connectivity index (χ4n) is 2.00. The van der Waals surface area contributed by atoms with Crippen LogP contribution in [0.2, 0.25) is 0 Å². The van der Waals surface area contributed by atoms with Gasteiger partial charge in [-0.05, 0) is 22.3 Å². The van der Waals surface area contributed by atoms with Gasteiger partial charge in [-0.1, -0.05) is 48.5 Å². The van der Waals surface area contributed by atoms with E-state index in [1.807, 2.05) is 0 Å². The largest absolute Gasteiger partial charge is 2.00 e. The molecule has 175 valence electrons. The number of carbonyl (C=O) groups excluding carboxylic acids is 2. The molecule has 0 aliphatic carbocycles. The smallest absolute Gasteiger partial charge is 0.545 e. The molecular formula is C16H32MnO13+6. The van der Waals surface area contributed by atoms with E-state index in [1.165, 1.54) is 48.5 Å². The van der Waals surface area contributed by atoms with E-state index < -0.39 is 24.1 Å². The summed E-state index contributed by atoms with van der Waals surface area (Å²) >= 11 is 0. The first kappa shape index (κ1) is 46.0. The summed E-state index contributed by atoms with van der Waals surface area (Å²) in [5.74, 6) is -2.67. The van der Waals surface area contributed by atoms with E-state index in [9.17, 15) is 30.0 Å². The first-order valence-corrected chi connectivity index (χ1v) is 6.39. The third-order valence-electron chi connectivity index (χ3n) is 3.27. The molecule has 0 aliphatic heterocycles. The molecular weight excluding hydrogens is 455 g/mol. The van der Waals surface area contributed by atoms with Crippen molar-refractivity contribution in [3.8, 4) is 0 Å². The number of aromatic carboxylic acids is 2. The molecule has 0 spiro atoms. The van der Waals surface area contributed by atoms with Gasteiger partial charge in [0.2, 0.25) is 0 Å². The third kappa shape index (κ3) is 10.9. The van der Waals surface area contributed by atoms with Crippen LogP contribution in [0.25, 0.3) is 0 Å². The number of benzene rings is 2. The van der Waals surface area contributed by atoms with Gasteiger partial charge >= 0.3 is 17.1 Å². The molecule has 0 saturated heterocycles. The second kappa shape index (κ2) is 19.8. The first-order chi connectivity index (χ1) is 10.4. The Balaban J connectivity index is -0.000000132. The molecule has 2 atom stereocenters. The predicted octanol–water partition coefficient (Wildman–Crippen LogP) is -7.18. The van der Waals surface area contributed by atoms with Gasteiger partial charge in [-0.3, -0.25) is 0 Å².